The minimum absolute atomic E-state index is 0.193. The first-order valence-electron chi connectivity index (χ1n) is 5.85. The zero-order valence-electron chi connectivity index (χ0n) is 10.5. The number of H-pyrrole nitrogens is 1. The molecule has 0 aliphatic carbocycles. The Morgan fingerprint density at radius 1 is 1.70 bits per heavy atom. The summed E-state index contributed by atoms with van der Waals surface area (Å²) in [5.41, 5.74) is -0.671. The zero-order chi connectivity index (χ0) is 14.9. The first kappa shape index (κ1) is 14.7. The monoisotopic (exact) mass is 341 g/mol. The fraction of sp³-hybridized carbons (Fsp3) is 0.417. The van der Waals surface area contributed by atoms with E-state index in [1.807, 2.05) is 6.07 Å². The van der Waals surface area contributed by atoms with Crippen LogP contribution >= 0.6 is 15.9 Å². The van der Waals surface area contributed by atoms with Crippen molar-refractivity contribution in [3.05, 3.63) is 43.2 Å². The largest absolute Gasteiger partial charge is 0.390 e. The average molecular weight is 342 g/mol. The molecule has 1 saturated heterocycles. The van der Waals surface area contributed by atoms with E-state index in [-0.39, 0.29) is 10.9 Å². The fourth-order valence-corrected chi connectivity index (χ4v) is 2.24. The maximum Gasteiger partial charge on any atom is 0.330 e. The van der Waals surface area contributed by atoms with Gasteiger partial charge in [0.05, 0.1) is 10.6 Å². The second-order valence-electron chi connectivity index (χ2n) is 4.46. The molecule has 106 valence electrons. The Morgan fingerprint density at radius 3 is 3.05 bits per heavy atom. The van der Waals surface area contributed by atoms with E-state index in [4.69, 9.17) is 10.00 Å². The van der Waals surface area contributed by atoms with Gasteiger partial charge in [-0.1, -0.05) is 0 Å². The van der Waals surface area contributed by atoms with Crippen molar-refractivity contribution in [2.45, 2.75) is 31.8 Å². The highest BCUT2D eigenvalue weighted by Crippen LogP contribution is 2.29. The molecular formula is C12H12BrN3O4. The molecule has 0 spiro atoms. The molecule has 1 aliphatic heterocycles. The number of hydrogen-bond donors (Lipinski definition) is 2. The normalized spacial score (nSPS) is 26.5. The van der Waals surface area contributed by atoms with Crippen molar-refractivity contribution < 1.29 is 9.84 Å². The Labute approximate surface area is 122 Å². The van der Waals surface area contributed by atoms with Crippen LogP contribution in [0.5, 0.6) is 0 Å². The smallest absolute Gasteiger partial charge is 0.330 e. The van der Waals surface area contributed by atoms with Gasteiger partial charge in [-0.25, -0.2) is 4.79 Å². The van der Waals surface area contributed by atoms with E-state index in [0.29, 0.717) is 5.56 Å². The summed E-state index contributed by atoms with van der Waals surface area (Å²) in [6.07, 6.45) is 0.817. The van der Waals surface area contributed by atoms with Gasteiger partial charge in [0.15, 0.2) is 0 Å². The molecule has 1 aromatic heterocycles. The van der Waals surface area contributed by atoms with E-state index in [0.717, 1.165) is 0 Å². The minimum Gasteiger partial charge on any atom is -0.390 e. The summed E-state index contributed by atoms with van der Waals surface area (Å²) in [6, 6.07) is 1.87. The predicted octanol–water partition coefficient (Wildman–Crippen LogP) is 0.296. The molecule has 3 atom stereocenters. The Morgan fingerprint density at radius 2 is 2.40 bits per heavy atom. The van der Waals surface area contributed by atoms with Crippen molar-refractivity contribution in [3.63, 3.8) is 0 Å². The van der Waals surface area contributed by atoms with Crippen LogP contribution in [0.4, 0.5) is 0 Å². The number of aliphatic hydroxyl groups is 1. The van der Waals surface area contributed by atoms with Crippen LogP contribution in [0.3, 0.4) is 0 Å². The Balaban J connectivity index is 2.30. The highest BCUT2D eigenvalue weighted by atomic mass is 79.9. The van der Waals surface area contributed by atoms with Gasteiger partial charge in [0.1, 0.15) is 18.4 Å². The van der Waals surface area contributed by atoms with E-state index >= 15 is 0 Å². The number of nitriles is 1. The zero-order valence-corrected chi connectivity index (χ0v) is 12.1. The van der Waals surface area contributed by atoms with Gasteiger partial charge in [0.25, 0.3) is 5.56 Å². The number of allylic oxidation sites excluding steroid dienone is 1. The quantitative estimate of drug-likeness (QED) is 0.752. The second-order valence-corrected chi connectivity index (χ2v) is 5.32. The molecule has 2 rings (SSSR count). The van der Waals surface area contributed by atoms with E-state index < -0.39 is 29.7 Å². The lowest BCUT2D eigenvalue weighted by molar-refractivity contribution is 0.00469. The standard InChI is InChI=1S/C12H12BrN3O4/c1-6-5-16(12(19)15-11(6)18)10-3-8(17)9(20-10)2-7(13)4-14/h2,5,8-10,17H,3H2,1H3,(H,15,18,19)/b7-2+/t8-,9+,10+/m0/s1. The van der Waals surface area contributed by atoms with Crippen LogP contribution in [0.25, 0.3) is 0 Å². The number of rotatable bonds is 2. The van der Waals surface area contributed by atoms with Crippen molar-refractivity contribution in [3.8, 4) is 6.07 Å². The van der Waals surface area contributed by atoms with Gasteiger partial charge < -0.3 is 9.84 Å². The van der Waals surface area contributed by atoms with Gasteiger partial charge in [-0.3, -0.25) is 14.3 Å². The third kappa shape index (κ3) is 2.90. The lowest BCUT2D eigenvalue weighted by atomic mass is 10.1. The van der Waals surface area contributed by atoms with E-state index in [1.54, 1.807) is 6.92 Å². The molecule has 0 radical (unpaired) electrons. The Bertz CT molecular complexity index is 700. The van der Waals surface area contributed by atoms with Crippen molar-refractivity contribution >= 4 is 15.9 Å². The van der Waals surface area contributed by atoms with E-state index in [1.165, 1.54) is 16.8 Å². The van der Waals surface area contributed by atoms with Crippen LogP contribution in [0.15, 0.2) is 26.3 Å². The lowest BCUT2D eigenvalue weighted by Gasteiger charge is -2.14. The highest BCUT2D eigenvalue weighted by molar-refractivity contribution is 9.12. The van der Waals surface area contributed by atoms with Gasteiger partial charge >= 0.3 is 5.69 Å². The summed E-state index contributed by atoms with van der Waals surface area (Å²) < 4.78 is 7.01. The summed E-state index contributed by atoms with van der Waals surface area (Å²) >= 11 is 3.02. The number of ether oxygens (including phenoxy) is 1. The lowest BCUT2D eigenvalue weighted by Crippen LogP contribution is -2.33. The van der Waals surface area contributed by atoms with Crippen LogP contribution < -0.4 is 11.2 Å². The number of aliphatic hydroxyl groups excluding tert-OH is 1. The van der Waals surface area contributed by atoms with Gasteiger partial charge in [-0.05, 0) is 28.9 Å². The molecule has 2 N–H and O–H groups in total. The van der Waals surface area contributed by atoms with Crippen LogP contribution in [-0.4, -0.2) is 26.9 Å². The van der Waals surface area contributed by atoms with Gasteiger partial charge in [-0.2, -0.15) is 5.26 Å². The molecular weight excluding hydrogens is 330 g/mol. The SMILES string of the molecule is Cc1cn([C@H]2C[C@H](O)[C@@H](/C=C(/Br)C#N)O2)c(=O)[nH]c1=O. The summed E-state index contributed by atoms with van der Waals surface area (Å²) in [5.74, 6) is 0. The molecule has 0 amide bonds. The molecule has 1 fully saturated rings. The first-order chi connectivity index (χ1) is 9.42. The third-order valence-corrected chi connectivity index (χ3v) is 3.45. The number of aromatic amines is 1. The number of hydrogen-bond acceptors (Lipinski definition) is 5. The van der Waals surface area contributed by atoms with Gasteiger partial charge in [0.2, 0.25) is 0 Å². The van der Waals surface area contributed by atoms with Crippen molar-refractivity contribution in [2.75, 3.05) is 0 Å². The average Bonchev–Trinajstić information content (AvgIpc) is 2.75. The number of nitrogens with one attached hydrogen (secondary N) is 1. The highest BCUT2D eigenvalue weighted by Gasteiger charge is 2.34. The Hall–Kier alpha value is -1.69. The summed E-state index contributed by atoms with van der Waals surface area (Å²) in [7, 11) is 0. The van der Waals surface area contributed by atoms with Crippen molar-refractivity contribution in [1.82, 2.24) is 9.55 Å². The second kappa shape index (κ2) is 5.75. The number of nitrogens with zero attached hydrogens (tertiary/aromatic N) is 2. The molecule has 1 aromatic rings. The van der Waals surface area contributed by atoms with Crippen molar-refractivity contribution in [1.29, 1.82) is 5.26 Å². The summed E-state index contributed by atoms with van der Waals surface area (Å²) in [4.78, 5) is 25.2. The molecule has 8 heteroatoms. The Kier molecular flexibility index (Phi) is 4.23. The molecule has 0 bridgehead atoms. The minimum atomic E-state index is -0.833. The molecule has 0 saturated carbocycles. The molecule has 0 aromatic carbocycles. The molecule has 7 nitrogen and oxygen atoms in total. The van der Waals surface area contributed by atoms with Crippen LogP contribution in [0.2, 0.25) is 0 Å². The van der Waals surface area contributed by atoms with E-state index in [2.05, 4.69) is 20.9 Å². The maximum absolute atomic E-state index is 11.7. The topological polar surface area (TPSA) is 108 Å². The van der Waals surface area contributed by atoms with Crippen LogP contribution in [-0.2, 0) is 4.74 Å². The number of halogens is 1. The molecule has 0 unspecified atom stereocenters. The molecule has 2 heterocycles. The number of aryl methyl sites for hydroxylation is 1. The number of aromatic nitrogens is 2. The third-order valence-electron chi connectivity index (χ3n) is 3.01. The first-order valence-corrected chi connectivity index (χ1v) is 6.64. The summed E-state index contributed by atoms with van der Waals surface area (Å²) in [5, 5.41) is 18.6. The predicted molar refractivity (Wildman–Crippen MR) is 73.2 cm³/mol. The summed E-state index contributed by atoms with van der Waals surface area (Å²) in [6.45, 7) is 1.57. The van der Waals surface area contributed by atoms with E-state index in [9.17, 15) is 14.7 Å². The van der Waals surface area contributed by atoms with Crippen LogP contribution in [0, 0.1) is 18.3 Å². The van der Waals surface area contributed by atoms with Crippen LogP contribution in [0.1, 0.15) is 18.2 Å². The van der Waals surface area contributed by atoms with Gasteiger partial charge in [-0.15, -0.1) is 0 Å². The maximum atomic E-state index is 11.7. The van der Waals surface area contributed by atoms with Crippen molar-refractivity contribution in [2.24, 2.45) is 0 Å². The fourth-order valence-electron chi connectivity index (χ4n) is 1.98. The van der Waals surface area contributed by atoms with Gasteiger partial charge in [0, 0.05) is 18.2 Å². The molecule has 20 heavy (non-hydrogen) atoms. The molecule has 1 aliphatic rings.